The van der Waals surface area contributed by atoms with E-state index in [9.17, 15) is 0 Å². The van der Waals surface area contributed by atoms with Crippen LogP contribution in [0.3, 0.4) is 0 Å². The molecule has 0 radical (unpaired) electrons. The van der Waals surface area contributed by atoms with Crippen LogP contribution < -0.4 is 10.2 Å². The molecule has 0 aliphatic heterocycles. The quantitative estimate of drug-likeness (QED) is 0.360. The minimum atomic E-state index is 0.223. The molecule has 0 spiro atoms. The van der Waals surface area contributed by atoms with Gasteiger partial charge in [-0.3, -0.25) is 0 Å². The maximum Gasteiger partial charge on any atom is 0.229 e. The number of nitrogens with one attached hydrogen (secondary N) is 1. The minimum Gasteiger partial charge on any atom is -0.338 e. The van der Waals surface area contributed by atoms with Crippen molar-refractivity contribution >= 4 is 40.2 Å². The number of halogens is 1. The summed E-state index contributed by atoms with van der Waals surface area (Å²) in [5.41, 5.74) is 3.61. The van der Waals surface area contributed by atoms with Crippen LogP contribution in [0.4, 0.5) is 17.5 Å². The molecule has 172 valence electrons. The summed E-state index contributed by atoms with van der Waals surface area (Å²) in [4.78, 5) is 18.9. The van der Waals surface area contributed by atoms with Gasteiger partial charge in [0.2, 0.25) is 5.95 Å². The summed E-state index contributed by atoms with van der Waals surface area (Å²) in [7, 11) is 4.15. The molecule has 7 nitrogen and oxygen atoms in total. The molecule has 0 amide bonds. The van der Waals surface area contributed by atoms with Crippen LogP contribution in [-0.4, -0.2) is 51.6 Å². The van der Waals surface area contributed by atoms with Crippen LogP contribution in [0.25, 0.3) is 11.2 Å². The highest BCUT2D eigenvalue weighted by atomic mass is 35.5. The average Bonchev–Trinajstić information content (AvgIpc) is 3.22. The Hall–Kier alpha value is -3.16. The Kier molecular flexibility index (Phi) is 7.11. The lowest BCUT2D eigenvalue weighted by Gasteiger charge is -2.25. The smallest absolute Gasteiger partial charge is 0.229 e. The molecular formula is C25H30ClN7. The Morgan fingerprint density at radius 3 is 2.48 bits per heavy atom. The van der Waals surface area contributed by atoms with Crippen LogP contribution in [0.15, 0.2) is 60.9 Å². The molecule has 4 aromatic rings. The fraction of sp³-hybridized carbons (Fsp3) is 0.320. The second kappa shape index (κ2) is 10.2. The standard InChI is InChI=1S/C25H30ClN7/c1-18(2)33-17-27-22-23(28-21-12-8-11-20(26)15-21)29-25(30-24(22)33)32(14-13-31(3)4)16-19-9-6-5-7-10-19/h5-12,15,17-18H,13-14,16H2,1-4H3,(H,28,29,30). The molecule has 0 saturated heterocycles. The summed E-state index contributed by atoms with van der Waals surface area (Å²) in [6, 6.07) is 18.2. The SMILES string of the molecule is CC(C)n1cnc2c(Nc3cccc(Cl)c3)nc(N(CCN(C)C)Cc3ccccc3)nc21. The molecule has 0 atom stereocenters. The molecule has 2 heterocycles. The molecule has 33 heavy (non-hydrogen) atoms. The summed E-state index contributed by atoms with van der Waals surface area (Å²) < 4.78 is 2.08. The molecule has 0 unspecified atom stereocenters. The third kappa shape index (κ3) is 5.61. The highest BCUT2D eigenvalue weighted by Gasteiger charge is 2.19. The van der Waals surface area contributed by atoms with E-state index in [-0.39, 0.29) is 6.04 Å². The second-order valence-electron chi connectivity index (χ2n) is 8.64. The van der Waals surface area contributed by atoms with Crippen LogP contribution in [0.2, 0.25) is 5.02 Å². The first-order valence-corrected chi connectivity index (χ1v) is 11.5. The van der Waals surface area contributed by atoms with Gasteiger partial charge in [-0.15, -0.1) is 0 Å². The summed E-state index contributed by atoms with van der Waals surface area (Å²) in [6.07, 6.45) is 1.83. The van der Waals surface area contributed by atoms with Gasteiger partial charge in [-0.05, 0) is 51.7 Å². The van der Waals surface area contributed by atoms with Crippen LogP contribution in [0, 0.1) is 0 Å². The molecule has 4 rings (SSSR count). The van der Waals surface area contributed by atoms with Crippen LogP contribution in [0.1, 0.15) is 25.5 Å². The predicted molar refractivity (Wildman–Crippen MR) is 136 cm³/mol. The van der Waals surface area contributed by atoms with E-state index in [0.29, 0.717) is 23.3 Å². The highest BCUT2D eigenvalue weighted by Crippen LogP contribution is 2.28. The number of benzene rings is 2. The van der Waals surface area contributed by atoms with Gasteiger partial charge in [0.1, 0.15) is 0 Å². The molecule has 2 aromatic heterocycles. The third-order valence-corrected chi connectivity index (χ3v) is 5.60. The Balaban J connectivity index is 1.80. The normalized spacial score (nSPS) is 11.5. The Morgan fingerprint density at radius 2 is 1.79 bits per heavy atom. The van der Waals surface area contributed by atoms with Gasteiger partial charge < -0.3 is 19.7 Å². The van der Waals surface area contributed by atoms with E-state index in [1.165, 1.54) is 5.56 Å². The molecular weight excluding hydrogens is 434 g/mol. The molecule has 1 N–H and O–H groups in total. The van der Waals surface area contributed by atoms with Gasteiger partial charge in [0, 0.05) is 36.4 Å². The van der Waals surface area contributed by atoms with Crippen molar-refractivity contribution in [3.8, 4) is 0 Å². The minimum absolute atomic E-state index is 0.223. The maximum atomic E-state index is 6.21. The Bertz CT molecular complexity index is 1200. The van der Waals surface area contributed by atoms with Crippen molar-refractivity contribution in [3.63, 3.8) is 0 Å². The van der Waals surface area contributed by atoms with E-state index in [2.05, 4.69) is 76.9 Å². The Morgan fingerprint density at radius 1 is 1.00 bits per heavy atom. The maximum absolute atomic E-state index is 6.21. The third-order valence-electron chi connectivity index (χ3n) is 5.37. The number of imidazole rings is 1. The van der Waals surface area contributed by atoms with Crippen molar-refractivity contribution < 1.29 is 0 Å². The number of rotatable bonds is 9. The highest BCUT2D eigenvalue weighted by molar-refractivity contribution is 6.30. The zero-order chi connectivity index (χ0) is 23.4. The van der Waals surface area contributed by atoms with Gasteiger partial charge in [-0.25, -0.2) is 4.98 Å². The molecule has 2 aromatic carbocycles. The van der Waals surface area contributed by atoms with Crippen LogP contribution >= 0.6 is 11.6 Å². The summed E-state index contributed by atoms with van der Waals surface area (Å²) >= 11 is 6.21. The fourth-order valence-electron chi connectivity index (χ4n) is 3.59. The van der Waals surface area contributed by atoms with E-state index in [0.717, 1.165) is 29.9 Å². The lowest BCUT2D eigenvalue weighted by Crippen LogP contribution is -2.32. The van der Waals surface area contributed by atoms with Crippen molar-refractivity contribution in [1.29, 1.82) is 0 Å². The first-order valence-electron chi connectivity index (χ1n) is 11.1. The predicted octanol–water partition coefficient (Wildman–Crippen LogP) is 5.37. The largest absolute Gasteiger partial charge is 0.338 e. The molecule has 0 aliphatic rings. The topological polar surface area (TPSA) is 62.1 Å². The molecule has 0 fully saturated rings. The van der Waals surface area contributed by atoms with E-state index < -0.39 is 0 Å². The van der Waals surface area contributed by atoms with Gasteiger partial charge in [0.15, 0.2) is 17.0 Å². The Labute approximate surface area is 200 Å². The van der Waals surface area contributed by atoms with Crippen molar-refractivity contribution in [2.24, 2.45) is 0 Å². The van der Waals surface area contributed by atoms with Crippen molar-refractivity contribution in [3.05, 3.63) is 71.5 Å². The first kappa shape index (κ1) is 23.0. The number of hydrogen-bond donors (Lipinski definition) is 1. The second-order valence-corrected chi connectivity index (χ2v) is 9.07. The van der Waals surface area contributed by atoms with E-state index in [1.54, 1.807) is 0 Å². The fourth-order valence-corrected chi connectivity index (χ4v) is 3.78. The summed E-state index contributed by atoms with van der Waals surface area (Å²) in [5, 5.41) is 4.08. The number of likely N-dealkylation sites (N-methyl/N-ethyl adjacent to an activating group) is 1. The molecule has 0 saturated carbocycles. The van der Waals surface area contributed by atoms with Gasteiger partial charge in [0.05, 0.1) is 6.33 Å². The van der Waals surface area contributed by atoms with Crippen LogP contribution in [-0.2, 0) is 6.54 Å². The lowest BCUT2D eigenvalue weighted by molar-refractivity contribution is 0.411. The molecule has 8 heteroatoms. The average molecular weight is 464 g/mol. The number of hydrogen-bond acceptors (Lipinski definition) is 6. The lowest BCUT2D eigenvalue weighted by atomic mass is 10.2. The molecule has 0 aliphatic carbocycles. The zero-order valence-corrected chi connectivity index (χ0v) is 20.3. The number of fused-ring (bicyclic) bond motifs is 1. The number of nitrogens with zero attached hydrogens (tertiary/aromatic N) is 6. The first-order chi connectivity index (χ1) is 15.9. The van der Waals surface area contributed by atoms with Crippen LogP contribution in [0.5, 0.6) is 0 Å². The van der Waals surface area contributed by atoms with E-state index in [1.807, 2.05) is 36.7 Å². The van der Waals surface area contributed by atoms with Gasteiger partial charge in [-0.2, -0.15) is 9.97 Å². The summed E-state index contributed by atoms with van der Waals surface area (Å²) in [6.45, 7) is 6.64. The van der Waals surface area contributed by atoms with Crippen molar-refractivity contribution in [2.75, 3.05) is 37.4 Å². The van der Waals surface area contributed by atoms with Crippen molar-refractivity contribution in [1.82, 2.24) is 24.4 Å². The number of aromatic nitrogens is 4. The monoisotopic (exact) mass is 463 g/mol. The van der Waals surface area contributed by atoms with E-state index in [4.69, 9.17) is 21.6 Å². The van der Waals surface area contributed by atoms with Gasteiger partial charge >= 0.3 is 0 Å². The summed E-state index contributed by atoms with van der Waals surface area (Å²) in [5.74, 6) is 1.33. The van der Waals surface area contributed by atoms with Crippen molar-refractivity contribution in [2.45, 2.75) is 26.4 Å². The van der Waals surface area contributed by atoms with Gasteiger partial charge in [-0.1, -0.05) is 48.0 Å². The van der Waals surface area contributed by atoms with Gasteiger partial charge in [0.25, 0.3) is 0 Å². The zero-order valence-electron chi connectivity index (χ0n) is 19.5. The molecule has 0 bridgehead atoms. The number of anilines is 3. The van der Waals surface area contributed by atoms with E-state index >= 15 is 0 Å².